The maximum atomic E-state index is 11.9. The van der Waals surface area contributed by atoms with Gasteiger partial charge in [0.2, 0.25) is 5.91 Å². The fraction of sp³-hybridized carbons (Fsp3) is 0.0625. The van der Waals surface area contributed by atoms with Gasteiger partial charge in [0.25, 0.3) is 0 Å². The number of aryl methyl sites for hydroxylation is 1. The van der Waals surface area contributed by atoms with E-state index < -0.39 is 0 Å². The van der Waals surface area contributed by atoms with Crippen LogP contribution in [0.4, 0.5) is 5.13 Å². The van der Waals surface area contributed by atoms with Gasteiger partial charge < -0.3 is 0 Å². The van der Waals surface area contributed by atoms with E-state index in [1.54, 1.807) is 12.3 Å². The van der Waals surface area contributed by atoms with Crippen LogP contribution in [0.25, 0.3) is 17.0 Å². The Morgan fingerprint density at radius 3 is 2.95 bits per heavy atom. The molecule has 5 heteroatoms. The predicted molar refractivity (Wildman–Crippen MR) is 86.3 cm³/mol. The normalized spacial score (nSPS) is 11.1. The summed E-state index contributed by atoms with van der Waals surface area (Å²) in [6.07, 6.45) is 5.02. The number of carbonyl (C=O) groups is 1. The smallest absolute Gasteiger partial charge is 0.250 e. The van der Waals surface area contributed by atoms with Crippen LogP contribution in [0.15, 0.2) is 48.0 Å². The van der Waals surface area contributed by atoms with Crippen molar-refractivity contribution in [2.75, 3.05) is 5.32 Å². The summed E-state index contributed by atoms with van der Waals surface area (Å²) in [5, 5.41) is 6.30. The number of aromatic nitrogens is 2. The number of anilines is 1. The average Bonchev–Trinajstić information content (AvgIpc) is 2.90. The molecule has 0 saturated heterocycles. The molecule has 0 aliphatic rings. The zero-order valence-corrected chi connectivity index (χ0v) is 12.2. The Bertz CT molecular complexity index is 818. The predicted octanol–water partition coefficient (Wildman–Crippen LogP) is 3.65. The van der Waals surface area contributed by atoms with Gasteiger partial charge in [0.1, 0.15) is 0 Å². The molecule has 0 spiro atoms. The Kier molecular flexibility index (Phi) is 3.75. The minimum Gasteiger partial charge on any atom is -0.298 e. The zero-order chi connectivity index (χ0) is 14.7. The highest BCUT2D eigenvalue weighted by Crippen LogP contribution is 2.18. The molecule has 0 atom stereocenters. The summed E-state index contributed by atoms with van der Waals surface area (Å²) in [6, 6.07) is 9.78. The fourth-order valence-electron chi connectivity index (χ4n) is 1.99. The third-order valence-corrected chi connectivity index (χ3v) is 3.80. The van der Waals surface area contributed by atoms with Crippen molar-refractivity contribution in [3.63, 3.8) is 0 Å². The van der Waals surface area contributed by atoms with E-state index in [0.717, 1.165) is 22.2 Å². The summed E-state index contributed by atoms with van der Waals surface area (Å²) < 4.78 is 0. The van der Waals surface area contributed by atoms with Crippen LogP contribution in [0.1, 0.15) is 11.3 Å². The number of rotatable bonds is 3. The van der Waals surface area contributed by atoms with Crippen LogP contribution >= 0.6 is 11.3 Å². The Balaban J connectivity index is 1.79. The van der Waals surface area contributed by atoms with Crippen molar-refractivity contribution in [2.24, 2.45) is 0 Å². The first-order valence-electron chi connectivity index (χ1n) is 6.47. The van der Waals surface area contributed by atoms with Crippen molar-refractivity contribution in [1.82, 2.24) is 9.97 Å². The van der Waals surface area contributed by atoms with Crippen molar-refractivity contribution in [1.29, 1.82) is 0 Å². The SMILES string of the molecule is Cc1csc(NC(=O)/C=C/c2cccc3cccnc23)n1. The molecule has 4 nitrogen and oxygen atoms in total. The van der Waals surface area contributed by atoms with Crippen LogP contribution in [-0.2, 0) is 4.79 Å². The summed E-state index contributed by atoms with van der Waals surface area (Å²) in [7, 11) is 0. The lowest BCUT2D eigenvalue weighted by Gasteiger charge is -2.00. The number of hydrogen-bond donors (Lipinski definition) is 1. The van der Waals surface area contributed by atoms with E-state index >= 15 is 0 Å². The lowest BCUT2D eigenvalue weighted by molar-refractivity contribution is -0.111. The van der Waals surface area contributed by atoms with Crippen molar-refractivity contribution in [2.45, 2.75) is 6.92 Å². The molecule has 3 aromatic rings. The van der Waals surface area contributed by atoms with Crippen LogP contribution in [0, 0.1) is 6.92 Å². The zero-order valence-electron chi connectivity index (χ0n) is 11.4. The van der Waals surface area contributed by atoms with Crippen LogP contribution in [0.3, 0.4) is 0 Å². The van der Waals surface area contributed by atoms with Gasteiger partial charge in [0.05, 0.1) is 11.2 Å². The second-order valence-corrected chi connectivity index (χ2v) is 5.40. The van der Waals surface area contributed by atoms with Gasteiger partial charge in [-0.15, -0.1) is 11.3 Å². The summed E-state index contributed by atoms with van der Waals surface area (Å²) in [6.45, 7) is 1.89. The van der Waals surface area contributed by atoms with Gasteiger partial charge in [-0.25, -0.2) is 4.98 Å². The number of fused-ring (bicyclic) bond motifs is 1. The maximum absolute atomic E-state index is 11.9. The molecule has 0 fully saturated rings. The van der Waals surface area contributed by atoms with E-state index in [1.807, 2.05) is 42.6 Å². The summed E-state index contributed by atoms with van der Waals surface area (Å²) >= 11 is 1.41. The van der Waals surface area contributed by atoms with Crippen LogP contribution < -0.4 is 5.32 Å². The first-order valence-corrected chi connectivity index (χ1v) is 7.35. The number of para-hydroxylation sites is 1. The molecule has 2 aromatic heterocycles. The molecule has 21 heavy (non-hydrogen) atoms. The second kappa shape index (κ2) is 5.85. The quantitative estimate of drug-likeness (QED) is 0.750. The Labute approximate surface area is 126 Å². The summed E-state index contributed by atoms with van der Waals surface area (Å²) in [5.41, 5.74) is 2.70. The second-order valence-electron chi connectivity index (χ2n) is 4.54. The highest BCUT2D eigenvalue weighted by molar-refractivity contribution is 7.13. The van der Waals surface area contributed by atoms with E-state index in [4.69, 9.17) is 0 Å². The molecule has 0 unspecified atom stereocenters. The van der Waals surface area contributed by atoms with Crippen LogP contribution in [-0.4, -0.2) is 15.9 Å². The minimum atomic E-state index is -0.197. The molecule has 2 heterocycles. The molecule has 0 saturated carbocycles. The van der Waals surface area contributed by atoms with Gasteiger partial charge >= 0.3 is 0 Å². The number of pyridine rings is 1. The Hall–Kier alpha value is -2.53. The molecule has 1 amide bonds. The van der Waals surface area contributed by atoms with Gasteiger partial charge in [-0.2, -0.15) is 0 Å². The Morgan fingerprint density at radius 1 is 1.29 bits per heavy atom. The highest BCUT2D eigenvalue weighted by atomic mass is 32.1. The molecule has 3 rings (SSSR count). The molecular weight excluding hydrogens is 282 g/mol. The number of nitrogens with one attached hydrogen (secondary N) is 1. The molecule has 0 aliphatic carbocycles. The average molecular weight is 295 g/mol. The van der Waals surface area contributed by atoms with Crippen molar-refractivity contribution in [3.8, 4) is 0 Å². The van der Waals surface area contributed by atoms with Crippen LogP contribution in [0.5, 0.6) is 0 Å². The molecule has 1 N–H and O–H groups in total. The summed E-state index contributed by atoms with van der Waals surface area (Å²) in [4.78, 5) is 20.4. The van der Waals surface area contributed by atoms with E-state index in [2.05, 4.69) is 15.3 Å². The molecule has 0 bridgehead atoms. The van der Waals surface area contributed by atoms with Gasteiger partial charge in [0, 0.05) is 28.6 Å². The van der Waals surface area contributed by atoms with Gasteiger partial charge in [-0.05, 0) is 19.1 Å². The number of carbonyl (C=O) groups excluding carboxylic acids is 1. The van der Waals surface area contributed by atoms with E-state index in [9.17, 15) is 4.79 Å². The van der Waals surface area contributed by atoms with Gasteiger partial charge in [0.15, 0.2) is 5.13 Å². The van der Waals surface area contributed by atoms with E-state index in [0.29, 0.717) is 5.13 Å². The molecular formula is C16H13N3OS. The summed E-state index contributed by atoms with van der Waals surface area (Å²) in [5.74, 6) is -0.197. The number of hydrogen-bond acceptors (Lipinski definition) is 4. The lowest BCUT2D eigenvalue weighted by atomic mass is 10.1. The first-order chi connectivity index (χ1) is 10.2. The van der Waals surface area contributed by atoms with Crippen LogP contribution in [0.2, 0.25) is 0 Å². The molecule has 0 radical (unpaired) electrons. The number of thiazole rings is 1. The fourth-order valence-corrected chi connectivity index (χ4v) is 2.68. The van der Waals surface area contributed by atoms with Gasteiger partial charge in [-0.1, -0.05) is 24.3 Å². The van der Waals surface area contributed by atoms with Crippen molar-refractivity contribution in [3.05, 3.63) is 59.2 Å². The monoisotopic (exact) mass is 295 g/mol. The number of nitrogens with zero attached hydrogens (tertiary/aromatic N) is 2. The highest BCUT2D eigenvalue weighted by Gasteiger charge is 2.03. The topological polar surface area (TPSA) is 54.9 Å². The third-order valence-electron chi connectivity index (χ3n) is 2.93. The largest absolute Gasteiger partial charge is 0.298 e. The lowest BCUT2D eigenvalue weighted by Crippen LogP contribution is -2.07. The van der Waals surface area contributed by atoms with Crippen molar-refractivity contribution < 1.29 is 4.79 Å². The molecule has 0 aliphatic heterocycles. The standard InChI is InChI=1S/C16H13N3OS/c1-11-10-21-16(18-11)19-14(20)8-7-13-5-2-4-12-6-3-9-17-15(12)13/h2-10H,1H3,(H,18,19,20)/b8-7+. The van der Waals surface area contributed by atoms with E-state index in [-0.39, 0.29) is 5.91 Å². The number of amides is 1. The third kappa shape index (κ3) is 3.14. The van der Waals surface area contributed by atoms with Crippen molar-refractivity contribution >= 4 is 39.4 Å². The molecule has 1 aromatic carbocycles. The number of benzene rings is 1. The maximum Gasteiger partial charge on any atom is 0.250 e. The van der Waals surface area contributed by atoms with E-state index in [1.165, 1.54) is 17.4 Å². The molecule has 104 valence electrons. The first kappa shape index (κ1) is 13.5. The van der Waals surface area contributed by atoms with Gasteiger partial charge in [-0.3, -0.25) is 15.1 Å². The Morgan fingerprint density at radius 2 is 2.14 bits per heavy atom. The minimum absolute atomic E-state index is 0.197.